The van der Waals surface area contributed by atoms with Gasteiger partial charge in [0.1, 0.15) is 12.1 Å². The molecule has 3 aromatic rings. The molecule has 3 rings (SSSR count). The minimum atomic E-state index is -4.41. The van der Waals surface area contributed by atoms with Crippen molar-refractivity contribution in [3.63, 3.8) is 0 Å². The Bertz CT molecular complexity index is 1360. The Balaban J connectivity index is 1.80. The molecule has 0 saturated carbocycles. The van der Waals surface area contributed by atoms with Crippen molar-refractivity contribution >= 4 is 38.4 Å². The van der Waals surface area contributed by atoms with Crippen LogP contribution >= 0.6 is 0 Å². The number of carbonyl (C=O) groups is 2. The number of hydrogen-bond donors (Lipinski definition) is 2. The summed E-state index contributed by atoms with van der Waals surface area (Å²) < 4.78 is 32.7. The summed E-state index contributed by atoms with van der Waals surface area (Å²) in [5.41, 5.74) is 0.159. The second-order valence-corrected chi connectivity index (χ2v) is 9.46. The van der Waals surface area contributed by atoms with Gasteiger partial charge in [0, 0.05) is 12.5 Å². The highest BCUT2D eigenvalue weighted by atomic mass is 32.2. The molecule has 0 fully saturated rings. The van der Waals surface area contributed by atoms with E-state index in [1.54, 1.807) is 6.92 Å². The van der Waals surface area contributed by atoms with E-state index in [4.69, 9.17) is 4.74 Å². The summed E-state index contributed by atoms with van der Waals surface area (Å²) in [4.78, 5) is 35.2. The van der Waals surface area contributed by atoms with Crippen LogP contribution in [0.25, 0.3) is 10.8 Å². The number of rotatable bonds is 10. The molecular weight excluding hydrogens is 474 g/mol. The Hall–Kier alpha value is -3.83. The quantitative estimate of drug-likeness (QED) is 0.248. The Labute approximate surface area is 202 Å². The molecule has 0 saturated heterocycles. The van der Waals surface area contributed by atoms with Gasteiger partial charge in [0.05, 0.1) is 12.0 Å². The number of methoxy groups -OCH3 is 1. The van der Waals surface area contributed by atoms with E-state index in [0.29, 0.717) is 0 Å². The van der Waals surface area contributed by atoms with Gasteiger partial charge in [0.2, 0.25) is 15.9 Å². The van der Waals surface area contributed by atoms with Gasteiger partial charge in [-0.05, 0) is 28.8 Å². The molecule has 0 unspecified atom stereocenters. The average Bonchev–Trinajstić information content (AvgIpc) is 2.86. The van der Waals surface area contributed by atoms with Crippen LogP contribution in [0.15, 0.2) is 71.6 Å². The number of nitro benzene ring substituents is 1. The van der Waals surface area contributed by atoms with Crippen LogP contribution in [0.4, 0.5) is 5.69 Å². The Morgan fingerprint density at radius 1 is 1.00 bits per heavy atom. The van der Waals surface area contributed by atoms with Gasteiger partial charge in [0.15, 0.2) is 4.90 Å². The van der Waals surface area contributed by atoms with Gasteiger partial charge in [0.25, 0.3) is 5.69 Å². The first-order valence-electron chi connectivity index (χ1n) is 10.8. The van der Waals surface area contributed by atoms with Crippen molar-refractivity contribution < 1.29 is 27.7 Å². The lowest BCUT2D eigenvalue weighted by Crippen LogP contribution is -2.52. The van der Waals surface area contributed by atoms with Crippen molar-refractivity contribution in [2.45, 2.75) is 36.7 Å². The normalized spacial score (nSPS) is 13.1. The Kier molecular flexibility index (Phi) is 8.15. The maximum atomic E-state index is 13.0. The molecule has 0 radical (unpaired) electrons. The number of sulfonamides is 1. The number of para-hydroxylation sites is 1. The summed E-state index contributed by atoms with van der Waals surface area (Å²) in [5.74, 6) is -1.45. The van der Waals surface area contributed by atoms with Crippen LogP contribution in [0.5, 0.6) is 0 Å². The van der Waals surface area contributed by atoms with Crippen LogP contribution in [0, 0.1) is 10.1 Å². The number of fused-ring (bicyclic) bond motifs is 1. The van der Waals surface area contributed by atoms with E-state index in [1.165, 1.54) is 19.2 Å². The zero-order valence-corrected chi connectivity index (χ0v) is 19.9. The lowest BCUT2D eigenvalue weighted by atomic mass is 10.0. The van der Waals surface area contributed by atoms with Gasteiger partial charge in [-0.15, -0.1) is 0 Å². The molecule has 0 spiro atoms. The van der Waals surface area contributed by atoms with Crippen molar-refractivity contribution in [3.05, 3.63) is 82.4 Å². The van der Waals surface area contributed by atoms with Gasteiger partial charge in [-0.1, -0.05) is 61.5 Å². The number of esters is 1. The highest BCUT2D eigenvalue weighted by Crippen LogP contribution is 2.23. The number of ether oxygens (including phenoxy) is 1. The van der Waals surface area contributed by atoms with Gasteiger partial charge in [-0.3, -0.25) is 14.9 Å². The first-order chi connectivity index (χ1) is 16.7. The van der Waals surface area contributed by atoms with E-state index in [0.717, 1.165) is 28.5 Å². The summed E-state index contributed by atoms with van der Waals surface area (Å²) >= 11 is 0. The fourth-order valence-corrected chi connectivity index (χ4v) is 5.07. The maximum Gasteiger partial charge on any atom is 0.328 e. The largest absolute Gasteiger partial charge is 0.467 e. The summed E-state index contributed by atoms with van der Waals surface area (Å²) in [6.07, 6.45) is 0.159. The summed E-state index contributed by atoms with van der Waals surface area (Å²) in [7, 11) is -3.21. The van der Waals surface area contributed by atoms with Crippen molar-refractivity contribution in [3.8, 4) is 0 Å². The number of hydrogen-bond acceptors (Lipinski definition) is 7. The number of nitro groups is 1. The van der Waals surface area contributed by atoms with E-state index >= 15 is 0 Å². The third-order valence-electron chi connectivity index (χ3n) is 5.43. The molecule has 0 aromatic heterocycles. The van der Waals surface area contributed by atoms with Crippen LogP contribution in [0.1, 0.15) is 18.9 Å². The molecule has 0 bridgehead atoms. The Morgan fingerprint density at radius 2 is 1.66 bits per heavy atom. The summed E-state index contributed by atoms with van der Waals surface area (Å²) in [6, 6.07) is 15.8. The predicted molar refractivity (Wildman–Crippen MR) is 129 cm³/mol. The van der Waals surface area contributed by atoms with E-state index in [9.17, 15) is 28.1 Å². The fraction of sp³-hybridized carbons (Fsp3) is 0.250. The molecule has 2 N–H and O–H groups in total. The first-order valence-corrected chi connectivity index (χ1v) is 12.3. The minimum absolute atomic E-state index is 0.0373. The molecule has 3 aromatic carbocycles. The lowest BCUT2D eigenvalue weighted by molar-refractivity contribution is -0.387. The monoisotopic (exact) mass is 499 g/mol. The van der Waals surface area contributed by atoms with Crippen LogP contribution < -0.4 is 10.0 Å². The fourth-order valence-electron chi connectivity index (χ4n) is 3.62. The third kappa shape index (κ3) is 6.19. The van der Waals surface area contributed by atoms with E-state index in [1.807, 2.05) is 42.5 Å². The molecule has 1 amide bonds. The molecule has 2 atom stereocenters. The molecule has 0 aliphatic heterocycles. The standard InChI is InChI=1S/C24H25N3O7S/c1-3-19(26-35(32,33)22-11-7-6-10-21(22)27(30)31)23(28)25-20(24(29)34-2)15-16-12-13-17-8-4-5-9-18(17)14-16/h4-14,19-20,26H,3,15H2,1-2H3,(H,25,28)/t19-,20-/m0/s1. The number of nitrogens with zero attached hydrogens (tertiary/aromatic N) is 1. The molecule has 10 nitrogen and oxygen atoms in total. The summed E-state index contributed by atoms with van der Waals surface area (Å²) in [5, 5.41) is 15.8. The zero-order valence-electron chi connectivity index (χ0n) is 19.1. The molecule has 11 heteroatoms. The van der Waals surface area contributed by atoms with E-state index in [-0.39, 0.29) is 12.8 Å². The van der Waals surface area contributed by atoms with Crippen LogP contribution in [0.3, 0.4) is 0 Å². The predicted octanol–water partition coefficient (Wildman–Crippen LogP) is 2.71. The lowest BCUT2D eigenvalue weighted by Gasteiger charge is -2.21. The smallest absolute Gasteiger partial charge is 0.328 e. The van der Waals surface area contributed by atoms with Crippen molar-refractivity contribution in [1.82, 2.24) is 10.0 Å². The van der Waals surface area contributed by atoms with Gasteiger partial charge >= 0.3 is 5.97 Å². The minimum Gasteiger partial charge on any atom is -0.467 e. The number of amides is 1. The molecule has 0 aliphatic rings. The third-order valence-corrected chi connectivity index (χ3v) is 6.95. The summed E-state index contributed by atoms with van der Waals surface area (Å²) in [6.45, 7) is 1.57. The van der Waals surface area contributed by atoms with Crippen molar-refractivity contribution in [2.24, 2.45) is 0 Å². The SMILES string of the molecule is CC[C@H](NS(=O)(=O)c1ccccc1[N+](=O)[O-])C(=O)N[C@@H](Cc1ccc2ccccc2c1)C(=O)OC. The highest BCUT2D eigenvalue weighted by Gasteiger charge is 2.32. The van der Waals surface area contributed by atoms with Gasteiger partial charge in [-0.25, -0.2) is 13.2 Å². The Morgan fingerprint density at radius 3 is 2.31 bits per heavy atom. The molecular formula is C24H25N3O7S. The first kappa shape index (κ1) is 25.8. The van der Waals surface area contributed by atoms with E-state index < -0.39 is 49.5 Å². The molecule has 0 heterocycles. The van der Waals surface area contributed by atoms with E-state index in [2.05, 4.69) is 10.0 Å². The van der Waals surface area contributed by atoms with Crippen molar-refractivity contribution in [1.29, 1.82) is 0 Å². The van der Waals surface area contributed by atoms with Crippen molar-refractivity contribution in [2.75, 3.05) is 7.11 Å². The second kappa shape index (κ2) is 11.1. The van der Waals surface area contributed by atoms with Gasteiger partial charge in [-0.2, -0.15) is 4.72 Å². The maximum absolute atomic E-state index is 13.0. The van der Waals surface area contributed by atoms with Crippen LogP contribution in [-0.4, -0.2) is 44.4 Å². The average molecular weight is 500 g/mol. The second-order valence-electron chi connectivity index (χ2n) is 7.78. The van der Waals surface area contributed by atoms with Gasteiger partial charge < -0.3 is 10.1 Å². The highest BCUT2D eigenvalue weighted by molar-refractivity contribution is 7.89. The molecule has 35 heavy (non-hydrogen) atoms. The number of benzene rings is 3. The van der Waals surface area contributed by atoms with Crippen LogP contribution in [-0.2, 0) is 30.8 Å². The molecule has 0 aliphatic carbocycles. The number of nitrogens with one attached hydrogen (secondary N) is 2. The molecule has 184 valence electrons. The topological polar surface area (TPSA) is 145 Å². The zero-order chi connectivity index (χ0) is 25.6. The number of carbonyl (C=O) groups excluding carboxylic acids is 2. The van der Waals surface area contributed by atoms with Crippen LogP contribution in [0.2, 0.25) is 0 Å².